The molecular weight excluding hydrogens is 167 g/mol. The molecule has 0 radical (unpaired) electrons. The maximum Gasteiger partial charge on any atom is 0.123 e. The lowest BCUT2D eigenvalue weighted by molar-refractivity contribution is 0.322. The van der Waals surface area contributed by atoms with E-state index in [1.165, 1.54) is 12.1 Å². The number of rotatable bonds is 4. The van der Waals surface area contributed by atoms with E-state index in [0.717, 1.165) is 17.7 Å². The van der Waals surface area contributed by atoms with Gasteiger partial charge in [0.2, 0.25) is 0 Å². The van der Waals surface area contributed by atoms with E-state index < -0.39 is 0 Å². The molecule has 2 heteroatoms. The minimum atomic E-state index is -0.228. The highest BCUT2D eigenvalue weighted by atomic mass is 19.1. The molecule has 0 spiro atoms. The van der Waals surface area contributed by atoms with Crippen LogP contribution in [0.4, 0.5) is 4.39 Å². The smallest absolute Gasteiger partial charge is 0.123 e. The molecule has 0 aliphatic carbocycles. The average Bonchev–Trinajstić information content (AvgIpc) is 2.09. The highest BCUT2D eigenvalue weighted by Gasteiger charge is 1.99. The number of hydrogen-bond acceptors (Lipinski definition) is 1. The van der Waals surface area contributed by atoms with Crippen LogP contribution in [0.15, 0.2) is 30.9 Å². The first-order chi connectivity index (χ1) is 6.24. The molecule has 1 aromatic rings. The Morgan fingerprint density at radius 3 is 2.92 bits per heavy atom. The Hall–Kier alpha value is -1.31. The van der Waals surface area contributed by atoms with Crippen molar-refractivity contribution < 1.29 is 9.13 Å². The van der Waals surface area contributed by atoms with E-state index in [-0.39, 0.29) is 5.82 Å². The molecule has 0 N–H and O–H groups in total. The van der Waals surface area contributed by atoms with Gasteiger partial charge in [0.15, 0.2) is 0 Å². The molecule has 0 fully saturated rings. The van der Waals surface area contributed by atoms with Gasteiger partial charge in [-0.15, -0.1) is 6.58 Å². The van der Waals surface area contributed by atoms with Crippen molar-refractivity contribution in [3.05, 3.63) is 42.2 Å². The topological polar surface area (TPSA) is 9.23 Å². The van der Waals surface area contributed by atoms with Crippen molar-refractivity contribution in [2.24, 2.45) is 0 Å². The SMILES string of the molecule is C=CCCOc1ccc(F)cc1C. The second kappa shape index (κ2) is 4.65. The van der Waals surface area contributed by atoms with Crippen LogP contribution in [-0.4, -0.2) is 6.61 Å². The van der Waals surface area contributed by atoms with Crippen LogP contribution in [0.25, 0.3) is 0 Å². The minimum Gasteiger partial charge on any atom is -0.493 e. The number of ether oxygens (including phenoxy) is 1. The van der Waals surface area contributed by atoms with Crippen molar-refractivity contribution in [1.82, 2.24) is 0 Å². The van der Waals surface area contributed by atoms with Crippen LogP contribution in [-0.2, 0) is 0 Å². The van der Waals surface area contributed by atoms with Crippen molar-refractivity contribution in [2.75, 3.05) is 6.61 Å². The molecule has 0 atom stereocenters. The largest absolute Gasteiger partial charge is 0.493 e. The van der Waals surface area contributed by atoms with Crippen LogP contribution >= 0.6 is 0 Å². The molecule has 0 aromatic heterocycles. The van der Waals surface area contributed by atoms with E-state index in [2.05, 4.69) is 6.58 Å². The predicted octanol–water partition coefficient (Wildman–Crippen LogP) is 3.09. The van der Waals surface area contributed by atoms with Crippen LogP contribution in [0, 0.1) is 12.7 Å². The fraction of sp³-hybridized carbons (Fsp3) is 0.273. The summed E-state index contributed by atoms with van der Waals surface area (Å²) in [6.07, 6.45) is 2.59. The second-order valence-electron chi connectivity index (χ2n) is 2.84. The standard InChI is InChI=1S/C11H13FO/c1-3-4-7-13-11-6-5-10(12)8-9(11)2/h3,5-6,8H,1,4,7H2,2H3. The third-order valence-corrected chi connectivity index (χ3v) is 1.72. The highest BCUT2D eigenvalue weighted by Crippen LogP contribution is 2.18. The molecule has 1 aromatic carbocycles. The van der Waals surface area contributed by atoms with E-state index in [0.29, 0.717) is 6.61 Å². The van der Waals surface area contributed by atoms with Crippen LogP contribution in [0.3, 0.4) is 0 Å². The lowest BCUT2D eigenvalue weighted by atomic mass is 10.2. The zero-order chi connectivity index (χ0) is 9.68. The number of benzene rings is 1. The monoisotopic (exact) mass is 180 g/mol. The van der Waals surface area contributed by atoms with E-state index in [1.54, 1.807) is 12.1 Å². The summed E-state index contributed by atoms with van der Waals surface area (Å²) in [4.78, 5) is 0. The summed E-state index contributed by atoms with van der Waals surface area (Å²) in [5.41, 5.74) is 0.823. The van der Waals surface area contributed by atoms with E-state index in [1.807, 2.05) is 6.92 Å². The molecule has 13 heavy (non-hydrogen) atoms. The molecule has 0 heterocycles. The molecule has 70 valence electrons. The third-order valence-electron chi connectivity index (χ3n) is 1.72. The molecule has 1 nitrogen and oxygen atoms in total. The number of aryl methyl sites for hydroxylation is 1. The van der Waals surface area contributed by atoms with Gasteiger partial charge < -0.3 is 4.74 Å². The maximum atomic E-state index is 12.7. The quantitative estimate of drug-likeness (QED) is 0.511. The Morgan fingerprint density at radius 1 is 1.54 bits per heavy atom. The minimum absolute atomic E-state index is 0.228. The van der Waals surface area contributed by atoms with Crippen LogP contribution < -0.4 is 4.74 Å². The molecule has 0 aliphatic heterocycles. The third kappa shape index (κ3) is 2.90. The van der Waals surface area contributed by atoms with Gasteiger partial charge in [0.05, 0.1) is 6.61 Å². The van der Waals surface area contributed by atoms with Crippen molar-refractivity contribution >= 4 is 0 Å². The Morgan fingerprint density at radius 2 is 2.31 bits per heavy atom. The highest BCUT2D eigenvalue weighted by molar-refractivity contribution is 5.32. The maximum absolute atomic E-state index is 12.7. The molecule has 0 saturated heterocycles. The van der Waals surface area contributed by atoms with Crippen LogP contribution in [0.1, 0.15) is 12.0 Å². The predicted molar refractivity (Wildman–Crippen MR) is 51.4 cm³/mol. The summed E-state index contributed by atoms with van der Waals surface area (Å²) in [5.74, 6) is 0.511. The first-order valence-corrected chi connectivity index (χ1v) is 4.24. The Labute approximate surface area is 77.8 Å². The summed E-state index contributed by atoms with van der Waals surface area (Å²) in [6, 6.07) is 4.51. The molecule has 0 amide bonds. The zero-order valence-corrected chi connectivity index (χ0v) is 7.72. The van der Waals surface area contributed by atoms with Crippen molar-refractivity contribution in [2.45, 2.75) is 13.3 Å². The van der Waals surface area contributed by atoms with E-state index in [4.69, 9.17) is 4.74 Å². The fourth-order valence-corrected chi connectivity index (χ4v) is 1.03. The van der Waals surface area contributed by atoms with Gasteiger partial charge in [0, 0.05) is 0 Å². The lowest BCUT2D eigenvalue weighted by Gasteiger charge is -2.07. The van der Waals surface area contributed by atoms with Crippen molar-refractivity contribution in [1.29, 1.82) is 0 Å². The van der Waals surface area contributed by atoms with Gasteiger partial charge in [-0.05, 0) is 37.1 Å². The second-order valence-corrected chi connectivity index (χ2v) is 2.84. The summed E-state index contributed by atoms with van der Waals surface area (Å²) >= 11 is 0. The summed E-state index contributed by atoms with van der Waals surface area (Å²) < 4.78 is 18.1. The first-order valence-electron chi connectivity index (χ1n) is 4.24. The van der Waals surface area contributed by atoms with Gasteiger partial charge >= 0.3 is 0 Å². The molecule has 0 unspecified atom stereocenters. The fourth-order valence-electron chi connectivity index (χ4n) is 1.03. The van der Waals surface area contributed by atoms with Gasteiger partial charge in [-0.1, -0.05) is 6.08 Å². The van der Waals surface area contributed by atoms with Crippen LogP contribution in [0.5, 0.6) is 5.75 Å². The molecule has 0 aliphatic rings. The van der Waals surface area contributed by atoms with E-state index in [9.17, 15) is 4.39 Å². The molecule has 0 bridgehead atoms. The van der Waals surface area contributed by atoms with Gasteiger partial charge in [-0.3, -0.25) is 0 Å². The number of hydrogen-bond donors (Lipinski definition) is 0. The Bertz CT molecular complexity index is 294. The zero-order valence-electron chi connectivity index (χ0n) is 7.72. The van der Waals surface area contributed by atoms with E-state index >= 15 is 0 Å². The van der Waals surface area contributed by atoms with Gasteiger partial charge in [-0.2, -0.15) is 0 Å². The van der Waals surface area contributed by atoms with Gasteiger partial charge in [0.1, 0.15) is 11.6 Å². The molecule has 0 saturated carbocycles. The van der Waals surface area contributed by atoms with Gasteiger partial charge in [0.25, 0.3) is 0 Å². The van der Waals surface area contributed by atoms with Gasteiger partial charge in [-0.25, -0.2) is 4.39 Å². The normalized spacial score (nSPS) is 9.69. The average molecular weight is 180 g/mol. The van der Waals surface area contributed by atoms with Crippen molar-refractivity contribution in [3.8, 4) is 5.75 Å². The lowest BCUT2D eigenvalue weighted by Crippen LogP contribution is -1.97. The van der Waals surface area contributed by atoms with Crippen LogP contribution in [0.2, 0.25) is 0 Å². The summed E-state index contributed by atoms with van der Waals surface area (Å²) in [5, 5.41) is 0. The van der Waals surface area contributed by atoms with Crippen molar-refractivity contribution in [3.63, 3.8) is 0 Å². The summed E-state index contributed by atoms with van der Waals surface area (Å²) in [7, 11) is 0. The Kier molecular flexibility index (Phi) is 3.50. The first kappa shape index (κ1) is 9.78. The Balaban J connectivity index is 2.61. The molecular formula is C11H13FO. The summed E-state index contributed by atoms with van der Waals surface area (Å²) in [6.45, 7) is 6.01. The molecule has 1 rings (SSSR count). The number of halogens is 1.